The zero-order valence-electron chi connectivity index (χ0n) is 12.5. The van der Waals surface area contributed by atoms with Gasteiger partial charge in [0.25, 0.3) is 0 Å². The highest BCUT2D eigenvalue weighted by atomic mass is 16.2. The third-order valence-electron chi connectivity index (χ3n) is 6.37. The van der Waals surface area contributed by atoms with Crippen LogP contribution in [0.5, 0.6) is 0 Å². The predicted octanol–water partition coefficient (Wildman–Crippen LogP) is 1.94. The first-order chi connectivity index (χ1) is 9.53. The summed E-state index contributed by atoms with van der Waals surface area (Å²) in [6.07, 6.45) is 7.92. The smallest absolute Gasteiger partial charge is 0.317 e. The van der Waals surface area contributed by atoms with E-state index in [0.29, 0.717) is 5.92 Å². The van der Waals surface area contributed by atoms with Crippen molar-refractivity contribution in [3.05, 3.63) is 0 Å². The highest BCUT2D eigenvalue weighted by Gasteiger charge is 2.52. The van der Waals surface area contributed by atoms with Crippen LogP contribution in [0, 0.1) is 23.7 Å². The molecule has 0 aromatic heterocycles. The summed E-state index contributed by atoms with van der Waals surface area (Å²) in [7, 11) is 0. The van der Waals surface area contributed by atoms with E-state index in [2.05, 4.69) is 12.2 Å². The summed E-state index contributed by atoms with van der Waals surface area (Å²) in [4.78, 5) is 14.5. The summed E-state index contributed by atoms with van der Waals surface area (Å²) in [5.74, 6) is 3.06. The molecule has 4 nitrogen and oxygen atoms in total. The fraction of sp³-hybridized carbons (Fsp3) is 0.938. The van der Waals surface area contributed by atoms with Crippen LogP contribution in [0.4, 0.5) is 4.79 Å². The van der Waals surface area contributed by atoms with Crippen molar-refractivity contribution < 1.29 is 4.79 Å². The summed E-state index contributed by atoms with van der Waals surface area (Å²) < 4.78 is 0. The van der Waals surface area contributed by atoms with Crippen molar-refractivity contribution in [2.24, 2.45) is 29.4 Å². The second-order valence-corrected chi connectivity index (χ2v) is 8.17. The van der Waals surface area contributed by atoms with Crippen molar-refractivity contribution in [3.63, 3.8) is 0 Å². The summed E-state index contributed by atoms with van der Waals surface area (Å²) in [6.45, 7) is 3.68. The number of urea groups is 1. The lowest BCUT2D eigenvalue weighted by Gasteiger charge is -2.57. The molecule has 4 aliphatic carbocycles. The lowest BCUT2D eigenvalue weighted by Crippen LogP contribution is -2.61. The third kappa shape index (κ3) is 2.03. The van der Waals surface area contributed by atoms with Gasteiger partial charge in [-0.25, -0.2) is 4.79 Å². The van der Waals surface area contributed by atoms with Crippen LogP contribution in [0.2, 0.25) is 0 Å². The number of nitrogens with one attached hydrogen (secondary N) is 1. The van der Waals surface area contributed by atoms with Gasteiger partial charge in [-0.15, -0.1) is 0 Å². The van der Waals surface area contributed by atoms with E-state index in [1.54, 1.807) is 0 Å². The molecule has 112 valence electrons. The van der Waals surface area contributed by atoms with E-state index in [4.69, 9.17) is 5.73 Å². The van der Waals surface area contributed by atoms with Crippen LogP contribution >= 0.6 is 0 Å². The second-order valence-electron chi connectivity index (χ2n) is 8.17. The minimum atomic E-state index is 0.127. The van der Waals surface area contributed by atoms with E-state index in [1.807, 2.05) is 4.90 Å². The van der Waals surface area contributed by atoms with Gasteiger partial charge in [0, 0.05) is 24.7 Å². The molecule has 0 spiro atoms. The van der Waals surface area contributed by atoms with Gasteiger partial charge in [0.05, 0.1) is 0 Å². The second kappa shape index (κ2) is 4.36. The first-order valence-corrected chi connectivity index (χ1v) is 8.36. The standard InChI is InChI=1S/C16H27N3O/c1-10-8-19(9-14(10)17)15(20)18-16-5-11-2-12(6-16)4-13(3-11)7-16/h10-14H,2-9,17H2,1H3,(H,18,20). The number of carbonyl (C=O) groups excluding carboxylic acids is 1. The minimum Gasteiger partial charge on any atom is -0.333 e. The first kappa shape index (κ1) is 12.9. The molecule has 4 saturated carbocycles. The molecule has 5 aliphatic rings. The molecule has 3 N–H and O–H groups in total. The fourth-order valence-corrected chi connectivity index (χ4v) is 5.73. The van der Waals surface area contributed by atoms with E-state index in [9.17, 15) is 4.79 Å². The molecule has 1 aliphatic heterocycles. The largest absolute Gasteiger partial charge is 0.333 e. The van der Waals surface area contributed by atoms with E-state index in [1.165, 1.54) is 38.5 Å². The number of amides is 2. The lowest BCUT2D eigenvalue weighted by molar-refractivity contribution is -0.0153. The Morgan fingerprint density at radius 1 is 1.10 bits per heavy atom. The molecule has 0 aromatic carbocycles. The highest BCUT2D eigenvalue weighted by molar-refractivity contribution is 5.75. The monoisotopic (exact) mass is 277 g/mol. The number of rotatable bonds is 1. The average Bonchev–Trinajstić information content (AvgIpc) is 2.67. The maximum Gasteiger partial charge on any atom is 0.317 e. The SMILES string of the molecule is CC1CN(C(=O)NC23CC4CC(CC(C4)C2)C3)CC1N. The molecular weight excluding hydrogens is 250 g/mol. The van der Waals surface area contributed by atoms with Crippen molar-refractivity contribution in [1.29, 1.82) is 0 Å². The molecule has 4 heteroatoms. The zero-order valence-corrected chi connectivity index (χ0v) is 12.5. The van der Waals surface area contributed by atoms with Gasteiger partial charge in [-0.2, -0.15) is 0 Å². The van der Waals surface area contributed by atoms with Crippen molar-refractivity contribution in [3.8, 4) is 0 Å². The van der Waals surface area contributed by atoms with Crippen LogP contribution in [-0.2, 0) is 0 Å². The maximum absolute atomic E-state index is 12.6. The predicted molar refractivity (Wildman–Crippen MR) is 78.1 cm³/mol. The van der Waals surface area contributed by atoms with Gasteiger partial charge in [0.1, 0.15) is 0 Å². The molecular formula is C16H27N3O. The fourth-order valence-electron chi connectivity index (χ4n) is 5.73. The third-order valence-corrected chi connectivity index (χ3v) is 6.37. The van der Waals surface area contributed by atoms with Crippen molar-refractivity contribution in [2.75, 3.05) is 13.1 Å². The van der Waals surface area contributed by atoms with Gasteiger partial charge in [-0.05, 0) is 62.2 Å². The number of nitrogens with two attached hydrogens (primary N) is 1. The Labute approximate surface area is 121 Å². The van der Waals surface area contributed by atoms with Crippen LogP contribution in [-0.4, -0.2) is 35.6 Å². The number of likely N-dealkylation sites (tertiary alicyclic amines) is 1. The van der Waals surface area contributed by atoms with Gasteiger partial charge in [-0.1, -0.05) is 6.92 Å². The Morgan fingerprint density at radius 2 is 1.65 bits per heavy atom. The van der Waals surface area contributed by atoms with Crippen LogP contribution in [0.3, 0.4) is 0 Å². The Kier molecular flexibility index (Phi) is 2.82. The number of hydrogen-bond donors (Lipinski definition) is 2. The molecule has 5 fully saturated rings. The molecule has 2 unspecified atom stereocenters. The van der Waals surface area contributed by atoms with Gasteiger partial charge >= 0.3 is 6.03 Å². The van der Waals surface area contributed by atoms with Crippen LogP contribution < -0.4 is 11.1 Å². The molecule has 1 saturated heterocycles. The quantitative estimate of drug-likeness (QED) is 0.769. The number of carbonyl (C=O) groups is 1. The highest BCUT2D eigenvalue weighted by Crippen LogP contribution is 2.55. The molecule has 0 aromatic rings. The summed E-state index contributed by atoms with van der Waals surface area (Å²) in [6, 6.07) is 0.295. The first-order valence-electron chi connectivity index (χ1n) is 8.36. The van der Waals surface area contributed by atoms with E-state index >= 15 is 0 Å². The topological polar surface area (TPSA) is 58.4 Å². The molecule has 0 radical (unpaired) electrons. The normalized spacial score (nSPS) is 49.7. The summed E-state index contributed by atoms with van der Waals surface area (Å²) >= 11 is 0. The maximum atomic E-state index is 12.6. The van der Waals surface area contributed by atoms with E-state index < -0.39 is 0 Å². The molecule has 1 heterocycles. The Hall–Kier alpha value is -0.770. The molecule has 2 amide bonds. The van der Waals surface area contributed by atoms with Crippen molar-refractivity contribution in [2.45, 2.75) is 57.0 Å². The van der Waals surface area contributed by atoms with E-state index in [0.717, 1.165) is 30.8 Å². The Balaban J connectivity index is 1.45. The van der Waals surface area contributed by atoms with Gasteiger partial charge in [0.15, 0.2) is 0 Å². The van der Waals surface area contributed by atoms with Crippen LogP contribution in [0.15, 0.2) is 0 Å². The zero-order chi connectivity index (χ0) is 13.9. The number of nitrogens with zero attached hydrogens (tertiary/aromatic N) is 1. The van der Waals surface area contributed by atoms with Crippen LogP contribution in [0.25, 0.3) is 0 Å². The molecule has 2 atom stereocenters. The van der Waals surface area contributed by atoms with Crippen molar-refractivity contribution >= 4 is 6.03 Å². The number of hydrogen-bond acceptors (Lipinski definition) is 2. The molecule has 4 bridgehead atoms. The van der Waals surface area contributed by atoms with Gasteiger partial charge < -0.3 is 16.0 Å². The van der Waals surface area contributed by atoms with Crippen LogP contribution in [0.1, 0.15) is 45.4 Å². The molecule has 5 rings (SSSR count). The minimum absolute atomic E-state index is 0.127. The average molecular weight is 277 g/mol. The lowest BCUT2D eigenvalue weighted by atomic mass is 9.53. The summed E-state index contributed by atoms with van der Waals surface area (Å²) in [5, 5.41) is 3.44. The van der Waals surface area contributed by atoms with Gasteiger partial charge in [-0.3, -0.25) is 0 Å². The van der Waals surface area contributed by atoms with Gasteiger partial charge in [0.2, 0.25) is 0 Å². The van der Waals surface area contributed by atoms with Crippen molar-refractivity contribution in [1.82, 2.24) is 10.2 Å². The molecule has 20 heavy (non-hydrogen) atoms. The Bertz CT molecular complexity index is 377. The van der Waals surface area contributed by atoms with E-state index in [-0.39, 0.29) is 17.6 Å². The summed E-state index contributed by atoms with van der Waals surface area (Å²) in [5.41, 5.74) is 6.17. The Morgan fingerprint density at radius 3 is 2.10 bits per heavy atom.